The van der Waals surface area contributed by atoms with Gasteiger partial charge in [0.15, 0.2) is 12.6 Å². The molecule has 2 rings (SSSR count). The van der Waals surface area contributed by atoms with Crippen molar-refractivity contribution in [1.29, 1.82) is 0 Å². The zero-order valence-electron chi connectivity index (χ0n) is 57.5. The van der Waals surface area contributed by atoms with Gasteiger partial charge in [0.25, 0.3) is 0 Å². The van der Waals surface area contributed by atoms with Gasteiger partial charge in [0.1, 0.15) is 48.8 Å². The second-order valence-corrected chi connectivity index (χ2v) is 25.3. The van der Waals surface area contributed by atoms with E-state index in [2.05, 4.69) is 129 Å². The number of amides is 1. The van der Waals surface area contributed by atoms with Crippen LogP contribution in [0.1, 0.15) is 271 Å². The fourth-order valence-electron chi connectivity index (χ4n) is 11.3. The number of carbonyl (C=O) groups excluding carboxylic acids is 1. The van der Waals surface area contributed by atoms with E-state index in [1.54, 1.807) is 6.08 Å². The van der Waals surface area contributed by atoms with E-state index in [4.69, 9.17) is 18.9 Å². The van der Waals surface area contributed by atoms with Crippen LogP contribution in [0.3, 0.4) is 0 Å². The Morgan fingerprint density at radius 2 is 0.750 bits per heavy atom. The zero-order chi connectivity index (χ0) is 66.6. The van der Waals surface area contributed by atoms with Crippen LogP contribution in [0.5, 0.6) is 0 Å². The summed E-state index contributed by atoms with van der Waals surface area (Å²) < 4.78 is 22.8. The highest BCUT2D eigenvalue weighted by Crippen LogP contribution is 2.30. The number of rotatable bonds is 59. The quantitative estimate of drug-likeness (QED) is 0.0204. The highest BCUT2D eigenvalue weighted by Gasteiger charge is 2.51. The molecular weight excluding hydrogens is 1160 g/mol. The Morgan fingerprint density at radius 3 is 1.15 bits per heavy atom. The van der Waals surface area contributed by atoms with E-state index in [9.17, 15) is 45.6 Å². The van der Waals surface area contributed by atoms with Crippen LogP contribution in [0.2, 0.25) is 0 Å². The summed E-state index contributed by atoms with van der Waals surface area (Å²) >= 11 is 0. The molecule has 0 aromatic heterocycles. The molecule has 2 aliphatic rings. The molecule has 0 aromatic carbocycles. The third kappa shape index (κ3) is 44.2. The molecule has 0 aliphatic carbocycles. The Labute approximate surface area is 558 Å². The van der Waals surface area contributed by atoms with E-state index in [-0.39, 0.29) is 18.9 Å². The van der Waals surface area contributed by atoms with Gasteiger partial charge >= 0.3 is 0 Å². The molecule has 12 atom stereocenters. The van der Waals surface area contributed by atoms with Crippen molar-refractivity contribution in [3.63, 3.8) is 0 Å². The fraction of sp³-hybridized carbons (Fsp3) is 0.731. The molecule has 12 unspecified atom stereocenters. The molecule has 0 aromatic rings. The first-order valence-electron chi connectivity index (χ1n) is 36.8. The van der Waals surface area contributed by atoms with Gasteiger partial charge in [-0.15, -0.1) is 0 Å². The van der Waals surface area contributed by atoms with Crippen LogP contribution in [-0.2, 0) is 23.7 Å². The minimum Gasteiger partial charge on any atom is -0.394 e. The summed E-state index contributed by atoms with van der Waals surface area (Å²) in [7, 11) is 0. The van der Waals surface area contributed by atoms with Gasteiger partial charge in [-0.25, -0.2) is 0 Å². The number of hydrogen-bond donors (Lipinski definition) is 9. The minimum absolute atomic E-state index is 0.243. The largest absolute Gasteiger partial charge is 0.394 e. The lowest BCUT2D eigenvalue weighted by Crippen LogP contribution is -2.65. The highest BCUT2D eigenvalue weighted by atomic mass is 16.7. The maximum Gasteiger partial charge on any atom is 0.220 e. The first-order chi connectivity index (χ1) is 45.1. The number of unbranched alkanes of at least 4 members (excludes halogenated alkanes) is 28. The van der Waals surface area contributed by atoms with E-state index < -0.39 is 86.8 Å². The fourth-order valence-corrected chi connectivity index (χ4v) is 11.3. The third-order valence-electron chi connectivity index (χ3n) is 17.2. The predicted octanol–water partition coefficient (Wildman–Crippen LogP) is 15.7. The van der Waals surface area contributed by atoms with Gasteiger partial charge in [-0.05, 0) is 89.9 Å². The van der Waals surface area contributed by atoms with Crippen molar-refractivity contribution in [2.45, 2.75) is 344 Å². The Kier molecular flexibility index (Phi) is 56.0. The maximum absolute atomic E-state index is 13.3. The summed E-state index contributed by atoms with van der Waals surface area (Å²) in [5, 5.41) is 87.4. The molecule has 1 amide bonds. The Bertz CT molecular complexity index is 2010. The summed E-state index contributed by atoms with van der Waals surface area (Å²) in [6.07, 6.45) is 72.5. The van der Waals surface area contributed by atoms with Crippen molar-refractivity contribution in [3.05, 3.63) is 122 Å². The van der Waals surface area contributed by atoms with Gasteiger partial charge in [0.2, 0.25) is 5.91 Å². The molecule has 0 radical (unpaired) electrons. The van der Waals surface area contributed by atoms with Crippen molar-refractivity contribution in [2.24, 2.45) is 0 Å². The summed E-state index contributed by atoms with van der Waals surface area (Å²) in [5.74, 6) is -0.243. The Balaban J connectivity index is 1.60. The lowest BCUT2D eigenvalue weighted by Gasteiger charge is -2.46. The third-order valence-corrected chi connectivity index (χ3v) is 17.2. The minimum atomic E-state index is -1.79. The van der Waals surface area contributed by atoms with Crippen LogP contribution >= 0.6 is 0 Å². The molecule has 0 spiro atoms. The molecule has 2 heterocycles. The van der Waals surface area contributed by atoms with Crippen LogP contribution < -0.4 is 5.32 Å². The lowest BCUT2D eigenvalue weighted by atomic mass is 9.97. The van der Waals surface area contributed by atoms with Gasteiger partial charge in [-0.3, -0.25) is 4.79 Å². The van der Waals surface area contributed by atoms with Crippen molar-refractivity contribution >= 4 is 5.91 Å². The first kappa shape index (κ1) is 84.5. The molecule has 92 heavy (non-hydrogen) atoms. The van der Waals surface area contributed by atoms with Gasteiger partial charge in [0, 0.05) is 6.42 Å². The summed E-state index contributed by atoms with van der Waals surface area (Å²) in [6.45, 7) is 2.69. The number of carbonyl (C=O) groups is 1. The number of hydrogen-bond acceptors (Lipinski definition) is 13. The Morgan fingerprint density at radius 1 is 0.402 bits per heavy atom. The summed E-state index contributed by atoms with van der Waals surface area (Å²) in [4.78, 5) is 13.3. The van der Waals surface area contributed by atoms with E-state index in [1.807, 2.05) is 6.08 Å². The van der Waals surface area contributed by atoms with Gasteiger partial charge in [-0.1, -0.05) is 296 Å². The van der Waals surface area contributed by atoms with Crippen molar-refractivity contribution in [1.82, 2.24) is 5.32 Å². The molecule has 14 heteroatoms. The summed E-state index contributed by atoms with van der Waals surface area (Å²) in [5.41, 5.74) is 0. The number of allylic oxidation sites excluding steroid dienone is 19. The molecule has 0 bridgehead atoms. The molecule has 528 valence electrons. The topological polar surface area (TPSA) is 228 Å². The van der Waals surface area contributed by atoms with Gasteiger partial charge in [-0.2, -0.15) is 0 Å². The second-order valence-electron chi connectivity index (χ2n) is 25.3. The maximum atomic E-state index is 13.3. The SMILES string of the molecule is CC/C=C\C/C=C\C/C=C\C/C=C\C/C=C\C/C=C\C/C=C\C/C=C\C/C=C\CCCCCCCCCCCCCCCC(=O)NC(COC1OC(CO)C(OC2OC(CO)C(O)C(O)C2O)C(O)C1O)C(O)/C=C/CCCCCCCCCCCCCCCCC. The van der Waals surface area contributed by atoms with E-state index >= 15 is 0 Å². The van der Waals surface area contributed by atoms with Crippen LogP contribution in [0.15, 0.2) is 122 Å². The molecule has 2 aliphatic heterocycles. The first-order valence-corrected chi connectivity index (χ1v) is 36.8. The Hall–Kier alpha value is -3.61. The number of ether oxygens (including phenoxy) is 4. The van der Waals surface area contributed by atoms with Crippen LogP contribution in [0.25, 0.3) is 0 Å². The van der Waals surface area contributed by atoms with Gasteiger partial charge < -0.3 is 65.1 Å². The molecule has 2 saturated heterocycles. The van der Waals surface area contributed by atoms with Crippen molar-refractivity contribution in [2.75, 3.05) is 19.8 Å². The van der Waals surface area contributed by atoms with E-state index in [0.29, 0.717) is 6.42 Å². The zero-order valence-corrected chi connectivity index (χ0v) is 57.5. The van der Waals surface area contributed by atoms with E-state index in [1.165, 1.54) is 141 Å². The average Bonchev–Trinajstić information content (AvgIpc) is 0.856. The summed E-state index contributed by atoms with van der Waals surface area (Å²) in [6, 6.07) is -0.922. The number of aliphatic hydroxyl groups is 8. The van der Waals surface area contributed by atoms with Crippen molar-refractivity contribution in [3.8, 4) is 0 Å². The highest BCUT2D eigenvalue weighted by molar-refractivity contribution is 5.76. The molecular formula is C78H133NO13. The normalized spacial score (nSPS) is 23.4. The molecule has 2 fully saturated rings. The van der Waals surface area contributed by atoms with Crippen LogP contribution in [0.4, 0.5) is 0 Å². The van der Waals surface area contributed by atoms with E-state index in [0.717, 1.165) is 103 Å². The van der Waals surface area contributed by atoms with Crippen LogP contribution in [-0.4, -0.2) is 140 Å². The smallest absolute Gasteiger partial charge is 0.220 e. The molecule has 14 nitrogen and oxygen atoms in total. The predicted molar refractivity (Wildman–Crippen MR) is 378 cm³/mol. The molecule has 0 saturated carbocycles. The average molecular weight is 1290 g/mol. The monoisotopic (exact) mass is 1290 g/mol. The van der Waals surface area contributed by atoms with Gasteiger partial charge in [0.05, 0.1) is 32.0 Å². The number of nitrogens with one attached hydrogen (secondary N) is 1. The standard InChI is InChI=1S/C78H133NO13/c1-3-5-7-9-11-13-15-17-19-21-22-23-24-25-26-27-28-29-30-31-32-33-34-35-36-37-38-39-40-41-42-43-44-46-48-50-52-54-56-58-60-62-70(83)79-66(67(82)61-59-57-55-53-51-49-47-45-20-18-16-14-12-10-8-6-4-2)65-89-77-75(88)73(86)76(69(64-81)91-77)92-78-74(87)72(85)71(84)68(63-80)90-78/h5,7,11,13,17,19,22-23,25-26,28-29,31-32,34-35,37-38,59,61,66-69,71-78,80-82,84-88H,3-4,6,8-10,12,14-16,18,20-21,24,27,30,33,36,39-58,60,62-65H2,1-2H3,(H,79,83)/b7-5-,13-11-,19-17-,23-22-,26-25-,29-28-,32-31-,35-34-,38-37-,61-59+. The second kappa shape index (κ2) is 61.0. The number of aliphatic hydroxyl groups excluding tert-OH is 8. The molecule has 9 N–H and O–H groups in total. The van der Waals surface area contributed by atoms with Crippen molar-refractivity contribution < 1.29 is 64.6 Å². The van der Waals surface area contributed by atoms with Crippen LogP contribution in [0, 0.1) is 0 Å². The lowest BCUT2D eigenvalue weighted by molar-refractivity contribution is -0.359.